The van der Waals surface area contributed by atoms with Gasteiger partial charge >= 0.3 is 6.03 Å². The number of hydrogen-bond acceptors (Lipinski definition) is 6. The maximum Gasteiger partial charge on any atom is 0.322 e. The van der Waals surface area contributed by atoms with E-state index < -0.39 is 0 Å². The van der Waals surface area contributed by atoms with Gasteiger partial charge in [0.15, 0.2) is 0 Å². The second-order valence-electron chi connectivity index (χ2n) is 7.04. The molecule has 2 N–H and O–H groups in total. The van der Waals surface area contributed by atoms with Crippen molar-refractivity contribution in [1.29, 1.82) is 0 Å². The number of aromatic nitrogens is 2. The number of likely N-dealkylation sites (tertiary alicyclic amines) is 1. The van der Waals surface area contributed by atoms with Crippen molar-refractivity contribution in [3.8, 4) is 5.75 Å². The highest BCUT2D eigenvalue weighted by Gasteiger charge is 2.33. The van der Waals surface area contributed by atoms with Crippen LogP contribution in [0.15, 0.2) is 42.5 Å². The standard InChI is InChI=1S/C21H19Cl2N5O3S/c1-31-17-8-7-13(23)11-15(17)25-21(30)28-9-3-6-16(28)19-26-27-20(32-19)18(29)24-14-5-2-4-12(22)10-14/h2,4-5,7-8,10-11,16H,3,6,9H2,1H3,(H,24,29)(H,25,30)/t16-/m1/s1. The van der Waals surface area contributed by atoms with Crippen LogP contribution in [0.2, 0.25) is 10.0 Å². The van der Waals surface area contributed by atoms with Crippen molar-refractivity contribution < 1.29 is 14.3 Å². The van der Waals surface area contributed by atoms with Gasteiger partial charge < -0.3 is 20.3 Å². The highest BCUT2D eigenvalue weighted by molar-refractivity contribution is 7.13. The van der Waals surface area contributed by atoms with Gasteiger partial charge in [0.05, 0.1) is 18.8 Å². The molecule has 2 aromatic carbocycles. The number of anilines is 2. The smallest absolute Gasteiger partial charge is 0.322 e. The van der Waals surface area contributed by atoms with Crippen LogP contribution in [0, 0.1) is 0 Å². The fourth-order valence-electron chi connectivity index (χ4n) is 3.44. The zero-order valence-corrected chi connectivity index (χ0v) is 19.3. The van der Waals surface area contributed by atoms with E-state index in [-0.39, 0.29) is 23.0 Å². The molecule has 0 radical (unpaired) electrons. The van der Waals surface area contributed by atoms with Crippen LogP contribution in [0.3, 0.4) is 0 Å². The number of carbonyl (C=O) groups is 2. The molecule has 32 heavy (non-hydrogen) atoms. The molecule has 1 saturated heterocycles. The lowest BCUT2D eigenvalue weighted by atomic mass is 10.2. The molecule has 1 aliphatic rings. The molecule has 4 rings (SSSR count). The third-order valence-electron chi connectivity index (χ3n) is 4.92. The van der Waals surface area contributed by atoms with Crippen LogP contribution >= 0.6 is 34.5 Å². The van der Waals surface area contributed by atoms with Gasteiger partial charge in [0, 0.05) is 22.3 Å². The van der Waals surface area contributed by atoms with Gasteiger partial charge in [0.25, 0.3) is 5.91 Å². The molecule has 0 bridgehead atoms. The summed E-state index contributed by atoms with van der Waals surface area (Å²) in [4.78, 5) is 27.2. The van der Waals surface area contributed by atoms with Crippen LogP contribution in [0.4, 0.5) is 16.2 Å². The molecule has 11 heteroatoms. The number of benzene rings is 2. The summed E-state index contributed by atoms with van der Waals surface area (Å²) in [5.74, 6) is 0.128. The largest absolute Gasteiger partial charge is 0.495 e. The molecule has 0 aliphatic carbocycles. The Hall–Kier alpha value is -2.88. The van der Waals surface area contributed by atoms with Gasteiger partial charge in [-0.3, -0.25) is 4.79 Å². The van der Waals surface area contributed by atoms with Crippen LogP contribution in [0.1, 0.15) is 33.7 Å². The SMILES string of the molecule is COc1ccc(Cl)cc1NC(=O)N1CCC[C@@H]1c1nnc(C(=O)Nc2cccc(Cl)c2)s1. The number of rotatable bonds is 5. The first kappa shape index (κ1) is 22.3. The van der Waals surface area contributed by atoms with Crippen molar-refractivity contribution in [2.75, 3.05) is 24.3 Å². The van der Waals surface area contributed by atoms with E-state index in [1.165, 1.54) is 7.11 Å². The Labute approximate surface area is 198 Å². The first-order chi connectivity index (χ1) is 15.4. The van der Waals surface area contributed by atoms with Crippen LogP contribution in [0.25, 0.3) is 0 Å². The molecule has 1 fully saturated rings. The van der Waals surface area contributed by atoms with Gasteiger partial charge in [0.1, 0.15) is 10.8 Å². The molecule has 166 valence electrons. The number of nitrogens with one attached hydrogen (secondary N) is 2. The van der Waals surface area contributed by atoms with E-state index in [1.54, 1.807) is 47.4 Å². The van der Waals surface area contributed by atoms with Crippen molar-refractivity contribution in [1.82, 2.24) is 15.1 Å². The zero-order chi connectivity index (χ0) is 22.7. The fourth-order valence-corrected chi connectivity index (χ4v) is 4.69. The van der Waals surface area contributed by atoms with E-state index in [2.05, 4.69) is 20.8 Å². The van der Waals surface area contributed by atoms with Crippen molar-refractivity contribution in [3.05, 3.63) is 62.5 Å². The number of nitrogens with zero attached hydrogens (tertiary/aromatic N) is 3. The lowest BCUT2D eigenvalue weighted by Crippen LogP contribution is -2.34. The van der Waals surface area contributed by atoms with Crippen LogP contribution in [-0.2, 0) is 0 Å². The van der Waals surface area contributed by atoms with E-state index in [4.69, 9.17) is 27.9 Å². The Balaban J connectivity index is 1.47. The van der Waals surface area contributed by atoms with E-state index in [1.807, 2.05) is 0 Å². The van der Waals surface area contributed by atoms with Crippen molar-refractivity contribution in [2.45, 2.75) is 18.9 Å². The summed E-state index contributed by atoms with van der Waals surface area (Å²) in [6.07, 6.45) is 1.54. The van der Waals surface area contributed by atoms with Crippen molar-refractivity contribution in [3.63, 3.8) is 0 Å². The van der Waals surface area contributed by atoms with E-state index in [0.717, 1.165) is 24.2 Å². The monoisotopic (exact) mass is 491 g/mol. The predicted molar refractivity (Wildman–Crippen MR) is 125 cm³/mol. The molecule has 0 unspecified atom stereocenters. The van der Waals surface area contributed by atoms with Crippen LogP contribution in [-0.4, -0.2) is 40.7 Å². The number of ether oxygens (including phenoxy) is 1. The minimum absolute atomic E-state index is 0.212. The summed E-state index contributed by atoms with van der Waals surface area (Å²) in [7, 11) is 1.52. The lowest BCUT2D eigenvalue weighted by Gasteiger charge is -2.23. The second kappa shape index (κ2) is 9.72. The average molecular weight is 492 g/mol. The van der Waals surface area contributed by atoms with Gasteiger partial charge in [-0.05, 0) is 49.2 Å². The average Bonchev–Trinajstić information content (AvgIpc) is 3.43. The van der Waals surface area contributed by atoms with Crippen LogP contribution in [0.5, 0.6) is 5.75 Å². The second-order valence-corrected chi connectivity index (χ2v) is 8.92. The first-order valence-corrected chi connectivity index (χ1v) is 11.3. The Morgan fingerprint density at radius 1 is 1.12 bits per heavy atom. The minimum Gasteiger partial charge on any atom is -0.495 e. The van der Waals surface area contributed by atoms with E-state index in [0.29, 0.717) is 38.7 Å². The highest BCUT2D eigenvalue weighted by Crippen LogP contribution is 2.35. The topological polar surface area (TPSA) is 96.4 Å². The molecule has 8 nitrogen and oxygen atoms in total. The lowest BCUT2D eigenvalue weighted by molar-refractivity contribution is 0.102. The first-order valence-electron chi connectivity index (χ1n) is 9.76. The maximum atomic E-state index is 13.0. The third-order valence-corrected chi connectivity index (χ3v) is 6.41. The number of methoxy groups -OCH3 is 1. The number of halogens is 2. The summed E-state index contributed by atoms with van der Waals surface area (Å²) in [5.41, 5.74) is 1.05. The van der Waals surface area contributed by atoms with Crippen molar-refractivity contribution in [2.24, 2.45) is 0 Å². The highest BCUT2D eigenvalue weighted by atomic mass is 35.5. The molecule has 0 saturated carbocycles. The summed E-state index contributed by atoms with van der Waals surface area (Å²) < 4.78 is 5.30. The van der Waals surface area contributed by atoms with Crippen LogP contribution < -0.4 is 15.4 Å². The Morgan fingerprint density at radius 3 is 2.72 bits per heavy atom. The summed E-state index contributed by atoms with van der Waals surface area (Å²) in [6, 6.07) is 11.3. The maximum absolute atomic E-state index is 13.0. The predicted octanol–water partition coefficient (Wildman–Crippen LogP) is 5.47. The molecule has 1 aromatic heterocycles. The Morgan fingerprint density at radius 2 is 1.94 bits per heavy atom. The normalized spacial score (nSPS) is 15.5. The Kier molecular flexibility index (Phi) is 6.78. The van der Waals surface area contributed by atoms with Gasteiger partial charge in [-0.25, -0.2) is 4.79 Å². The molecule has 1 aliphatic heterocycles. The zero-order valence-electron chi connectivity index (χ0n) is 17.0. The fraction of sp³-hybridized carbons (Fsp3) is 0.238. The Bertz CT molecular complexity index is 1160. The molecular formula is C21H19Cl2N5O3S. The van der Waals surface area contributed by atoms with Gasteiger partial charge in [-0.1, -0.05) is 40.6 Å². The molecule has 0 spiro atoms. The summed E-state index contributed by atoms with van der Waals surface area (Å²) >= 11 is 13.2. The van der Waals surface area contributed by atoms with E-state index in [9.17, 15) is 9.59 Å². The van der Waals surface area contributed by atoms with Crippen molar-refractivity contribution >= 4 is 57.9 Å². The molecule has 3 amide bonds. The quantitative estimate of drug-likeness (QED) is 0.492. The number of urea groups is 1. The summed E-state index contributed by atoms with van der Waals surface area (Å²) in [6.45, 7) is 0.559. The van der Waals surface area contributed by atoms with Gasteiger partial charge in [-0.2, -0.15) is 0 Å². The number of carbonyl (C=O) groups excluding carboxylic acids is 2. The summed E-state index contributed by atoms with van der Waals surface area (Å²) in [5, 5.41) is 15.6. The minimum atomic E-state index is -0.381. The third kappa shape index (κ3) is 4.95. The molecule has 3 aromatic rings. The van der Waals surface area contributed by atoms with Gasteiger partial charge in [-0.15, -0.1) is 10.2 Å². The number of amides is 3. The molecule has 2 heterocycles. The molecule has 1 atom stereocenters. The van der Waals surface area contributed by atoms with E-state index >= 15 is 0 Å². The number of hydrogen-bond donors (Lipinski definition) is 2. The van der Waals surface area contributed by atoms with Gasteiger partial charge in [0.2, 0.25) is 5.01 Å². The molecular weight excluding hydrogens is 473 g/mol.